The first-order valence-corrected chi connectivity index (χ1v) is 9.31. The lowest BCUT2D eigenvalue weighted by Crippen LogP contribution is -2.48. The molecule has 2 aliphatic rings. The third kappa shape index (κ3) is 3.67. The summed E-state index contributed by atoms with van der Waals surface area (Å²) in [4.78, 5) is 14.6. The van der Waals surface area contributed by atoms with E-state index in [9.17, 15) is 4.79 Å². The van der Waals surface area contributed by atoms with Gasteiger partial charge in [0, 0.05) is 25.2 Å². The summed E-state index contributed by atoms with van der Waals surface area (Å²) in [6.07, 6.45) is 2.95. The third-order valence-electron chi connectivity index (χ3n) is 4.54. The maximum Gasteiger partial charge on any atom is 0.260 e. The molecule has 26 heavy (non-hydrogen) atoms. The van der Waals surface area contributed by atoms with Gasteiger partial charge in [0.15, 0.2) is 23.4 Å². The Balaban J connectivity index is 1.27. The summed E-state index contributed by atoms with van der Waals surface area (Å²) in [6, 6.07) is 5.45. The van der Waals surface area contributed by atoms with E-state index in [1.54, 1.807) is 31.3 Å². The van der Waals surface area contributed by atoms with Crippen molar-refractivity contribution in [3.8, 4) is 17.2 Å². The lowest BCUT2D eigenvalue weighted by molar-refractivity contribution is -0.128. The second-order valence-corrected chi connectivity index (χ2v) is 6.87. The number of rotatable bonds is 5. The number of hydrogen-bond donors (Lipinski definition) is 1. The van der Waals surface area contributed by atoms with Gasteiger partial charge in [-0.2, -0.15) is 8.75 Å². The molecule has 4 rings (SSSR count). The van der Waals surface area contributed by atoms with Gasteiger partial charge in [-0.3, -0.25) is 4.79 Å². The molecule has 1 aromatic carbocycles. The molecule has 1 saturated heterocycles. The molecule has 2 aromatic rings. The molecule has 138 valence electrons. The standard InChI is InChI=1S/C17H20N4O4S/c1-11(25-13-2-3-14-15(8-13)24-10-23-14)17(22)19-12-4-6-21(7-5-12)16-9-18-26-20-16/h2-3,8-9,11-12H,4-7,10H2,1H3,(H,19,22)/t11-/m1/s1. The molecule has 2 aliphatic heterocycles. The fraction of sp³-hybridized carbons (Fsp3) is 0.471. The van der Waals surface area contributed by atoms with Gasteiger partial charge in [-0.1, -0.05) is 0 Å². The van der Waals surface area contributed by atoms with E-state index in [-0.39, 0.29) is 18.7 Å². The molecule has 1 fully saturated rings. The first-order valence-electron chi connectivity index (χ1n) is 8.58. The molecule has 1 N–H and O–H groups in total. The van der Waals surface area contributed by atoms with Crippen LogP contribution in [0.4, 0.5) is 5.82 Å². The zero-order valence-corrected chi connectivity index (χ0v) is 15.2. The number of hydrogen-bond acceptors (Lipinski definition) is 8. The number of ether oxygens (including phenoxy) is 3. The van der Waals surface area contributed by atoms with Crippen LogP contribution in [-0.2, 0) is 4.79 Å². The number of benzene rings is 1. The maximum absolute atomic E-state index is 12.4. The quantitative estimate of drug-likeness (QED) is 0.852. The van der Waals surface area contributed by atoms with Crippen LogP contribution < -0.4 is 24.4 Å². The fourth-order valence-electron chi connectivity index (χ4n) is 3.08. The first-order chi connectivity index (χ1) is 12.7. The summed E-state index contributed by atoms with van der Waals surface area (Å²) in [5, 5.41) is 3.08. The van der Waals surface area contributed by atoms with Gasteiger partial charge in [0.25, 0.3) is 5.91 Å². The van der Waals surface area contributed by atoms with Crippen LogP contribution in [0.2, 0.25) is 0 Å². The lowest BCUT2D eigenvalue weighted by atomic mass is 10.0. The number of aromatic nitrogens is 2. The average molecular weight is 376 g/mol. The smallest absolute Gasteiger partial charge is 0.260 e. The second-order valence-electron chi connectivity index (χ2n) is 6.31. The Morgan fingerprint density at radius 2 is 2.15 bits per heavy atom. The molecule has 1 amide bonds. The molecule has 3 heterocycles. The van der Waals surface area contributed by atoms with Gasteiger partial charge < -0.3 is 24.4 Å². The topological polar surface area (TPSA) is 85.8 Å². The molecular formula is C17H20N4O4S. The lowest BCUT2D eigenvalue weighted by Gasteiger charge is -2.32. The van der Waals surface area contributed by atoms with Gasteiger partial charge in [0.05, 0.1) is 17.9 Å². The molecule has 0 aliphatic carbocycles. The van der Waals surface area contributed by atoms with Crippen LogP contribution in [0.5, 0.6) is 17.2 Å². The highest BCUT2D eigenvalue weighted by Gasteiger charge is 2.25. The predicted octanol–water partition coefficient (Wildman–Crippen LogP) is 1.82. The minimum Gasteiger partial charge on any atom is -0.481 e. The van der Waals surface area contributed by atoms with Crippen LogP contribution in [0.3, 0.4) is 0 Å². The normalized spacial score (nSPS) is 17.8. The van der Waals surface area contributed by atoms with Crippen molar-refractivity contribution in [3.63, 3.8) is 0 Å². The van der Waals surface area contributed by atoms with Gasteiger partial charge in [-0.05, 0) is 31.9 Å². The van der Waals surface area contributed by atoms with E-state index in [0.717, 1.165) is 31.7 Å². The van der Waals surface area contributed by atoms with Crippen molar-refractivity contribution in [2.24, 2.45) is 0 Å². The highest BCUT2D eigenvalue weighted by atomic mass is 32.1. The van der Waals surface area contributed by atoms with E-state index >= 15 is 0 Å². The van der Waals surface area contributed by atoms with Gasteiger partial charge in [0.1, 0.15) is 5.75 Å². The Bertz CT molecular complexity index is 762. The van der Waals surface area contributed by atoms with E-state index in [1.165, 1.54) is 11.7 Å². The molecular weight excluding hydrogens is 356 g/mol. The van der Waals surface area contributed by atoms with E-state index in [2.05, 4.69) is 19.0 Å². The number of carbonyl (C=O) groups excluding carboxylic acids is 1. The molecule has 1 atom stereocenters. The Morgan fingerprint density at radius 1 is 1.35 bits per heavy atom. The molecule has 0 radical (unpaired) electrons. The number of nitrogens with zero attached hydrogens (tertiary/aromatic N) is 3. The minimum absolute atomic E-state index is 0.114. The van der Waals surface area contributed by atoms with E-state index < -0.39 is 6.10 Å². The van der Waals surface area contributed by atoms with Crippen molar-refractivity contribution in [2.45, 2.75) is 31.9 Å². The Hall–Kier alpha value is -2.55. The van der Waals surface area contributed by atoms with E-state index in [0.29, 0.717) is 17.2 Å². The number of nitrogens with one attached hydrogen (secondary N) is 1. The second kappa shape index (κ2) is 7.36. The van der Waals surface area contributed by atoms with Crippen LogP contribution in [0.15, 0.2) is 24.4 Å². The van der Waals surface area contributed by atoms with Crippen molar-refractivity contribution in [1.29, 1.82) is 0 Å². The molecule has 0 bridgehead atoms. The van der Waals surface area contributed by atoms with Crippen LogP contribution in [0, 0.1) is 0 Å². The van der Waals surface area contributed by atoms with Crippen molar-refractivity contribution in [3.05, 3.63) is 24.4 Å². The highest BCUT2D eigenvalue weighted by Crippen LogP contribution is 2.35. The number of piperidine rings is 1. The SMILES string of the molecule is C[C@@H](Oc1ccc2c(c1)OCO2)C(=O)NC1CCN(c2cnsn2)CC1. The van der Waals surface area contributed by atoms with E-state index in [1.807, 2.05) is 0 Å². The van der Waals surface area contributed by atoms with Crippen LogP contribution in [0.25, 0.3) is 0 Å². The fourth-order valence-corrected chi connectivity index (χ4v) is 3.51. The van der Waals surface area contributed by atoms with Crippen LogP contribution >= 0.6 is 11.7 Å². The molecule has 0 saturated carbocycles. The van der Waals surface area contributed by atoms with Gasteiger partial charge in [-0.15, -0.1) is 0 Å². The van der Waals surface area contributed by atoms with Crippen molar-refractivity contribution < 1.29 is 19.0 Å². The Labute approximate surface area is 155 Å². The van der Waals surface area contributed by atoms with Crippen molar-refractivity contribution in [1.82, 2.24) is 14.1 Å². The third-order valence-corrected chi connectivity index (χ3v) is 5.01. The number of amides is 1. The molecule has 0 spiro atoms. The zero-order valence-electron chi connectivity index (χ0n) is 14.4. The summed E-state index contributed by atoms with van der Waals surface area (Å²) >= 11 is 1.21. The Morgan fingerprint density at radius 3 is 2.92 bits per heavy atom. The number of fused-ring (bicyclic) bond motifs is 1. The number of carbonyl (C=O) groups is 1. The molecule has 9 heteroatoms. The van der Waals surface area contributed by atoms with Gasteiger partial charge >= 0.3 is 0 Å². The first kappa shape index (κ1) is 16.9. The summed E-state index contributed by atoms with van der Waals surface area (Å²) in [6.45, 7) is 3.67. The zero-order chi connectivity index (χ0) is 17.9. The molecule has 1 aromatic heterocycles. The van der Waals surface area contributed by atoms with Crippen LogP contribution in [0.1, 0.15) is 19.8 Å². The van der Waals surface area contributed by atoms with Gasteiger partial charge in [0.2, 0.25) is 6.79 Å². The Kier molecular flexibility index (Phi) is 4.79. The summed E-state index contributed by atoms with van der Waals surface area (Å²) < 4.78 is 24.6. The summed E-state index contributed by atoms with van der Waals surface area (Å²) in [5.74, 6) is 2.72. The monoisotopic (exact) mass is 376 g/mol. The highest BCUT2D eigenvalue weighted by molar-refractivity contribution is 6.99. The average Bonchev–Trinajstić information content (AvgIpc) is 3.33. The summed E-state index contributed by atoms with van der Waals surface area (Å²) in [5.41, 5.74) is 0. The predicted molar refractivity (Wildman–Crippen MR) is 95.9 cm³/mol. The van der Waals surface area contributed by atoms with Crippen molar-refractivity contribution >= 4 is 23.5 Å². The largest absolute Gasteiger partial charge is 0.481 e. The maximum atomic E-state index is 12.4. The molecule has 0 unspecified atom stereocenters. The van der Waals surface area contributed by atoms with Gasteiger partial charge in [-0.25, -0.2) is 0 Å². The molecule has 8 nitrogen and oxygen atoms in total. The minimum atomic E-state index is -0.587. The van der Waals surface area contributed by atoms with Crippen molar-refractivity contribution in [2.75, 3.05) is 24.8 Å². The number of anilines is 1. The summed E-state index contributed by atoms with van der Waals surface area (Å²) in [7, 11) is 0. The van der Waals surface area contributed by atoms with Crippen LogP contribution in [-0.4, -0.2) is 46.7 Å². The van der Waals surface area contributed by atoms with E-state index in [4.69, 9.17) is 14.2 Å².